The molecule has 2 heterocycles. The lowest BCUT2D eigenvalue weighted by molar-refractivity contribution is 0.0962. The number of hydrogen-bond donors (Lipinski definition) is 2. The topological polar surface area (TPSA) is 94.0 Å². The van der Waals surface area contributed by atoms with E-state index in [2.05, 4.69) is 25.9 Å². The Hall–Kier alpha value is -3.13. The Morgan fingerprint density at radius 1 is 1.25 bits per heavy atom. The summed E-state index contributed by atoms with van der Waals surface area (Å²) in [5.74, 6) is 0.228. The molecule has 0 aliphatic heterocycles. The van der Waals surface area contributed by atoms with Gasteiger partial charge < -0.3 is 4.74 Å². The Kier molecular flexibility index (Phi) is 4.57. The number of nitrogens with one attached hydrogen (secondary N) is 2. The highest BCUT2D eigenvalue weighted by atomic mass is 35.5. The Bertz CT molecular complexity index is 849. The van der Waals surface area contributed by atoms with Crippen LogP contribution in [-0.4, -0.2) is 32.8 Å². The van der Waals surface area contributed by atoms with Crippen LogP contribution in [0.1, 0.15) is 10.4 Å². The van der Waals surface area contributed by atoms with Gasteiger partial charge in [0.25, 0.3) is 5.91 Å². The summed E-state index contributed by atoms with van der Waals surface area (Å²) in [7, 11) is 1.50. The number of halogens is 1. The summed E-state index contributed by atoms with van der Waals surface area (Å²) in [5, 5.41) is 4.78. The van der Waals surface area contributed by atoms with Gasteiger partial charge >= 0.3 is 0 Å². The van der Waals surface area contributed by atoms with Crippen molar-refractivity contribution in [2.24, 2.45) is 0 Å². The monoisotopic (exact) mass is 344 g/mol. The van der Waals surface area contributed by atoms with E-state index in [4.69, 9.17) is 16.3 Å². The first-order chi connectivity index (χ1) is 11.7. The Morgan fingerprint density at radius 2 is 2.04 bits per heavy atom. The van der Waals surface area contributed by atoms with Crippen LogP contribution in [0.5, 0.6) is 5.88 Å². The number of hydrogen-bond acceptors (Lipinski definition) is 6. The average Bonchev–Trinajstić information content (AvgIpc) is 3.10. The summed E-state index contributed by atoms with van der Waals surface area (Å²) in [6.07, 6.45) is 4.57. The van der Waals surface area contributed by atoms with Gasteiger partial charge in [-0.05, 0) is 24.3 Å². The summed E-state index contributed by atoms with van der Waals surface area (Å²) in [6, 6.07) is 8.71. The average molecular weight is 345 g/mol. The second-order valence-corrected chi connectivity index (χ2v) is 5.09. The van der Waals surface area contributed by atoms with Crippen molar-refractivity contribution in [3.63, 3.8) is 0 Å². The highest BCUT2D eigenvalue weighted by Gasteiger charge is 2.10. The molecule has 0 atom stereocenters. The maximum absolute atomic E-state index is 12.1. The maximum atomic E-state index is 12.1. The number of nitrogens with zero attached hydrogens (tertiary/aromatic N) is 4. The first kappa shape index (κ1) is 15.8. The zero-order valence-electron chi connectivity index (χ0n) is 12.6. The molecule has 1 amide bonds. The quantitative estimate of drug-likeness (QED) is 0.688. The van der Waals surface area contributed by atoms with Gasteiger partial charge in [0.2, 0.25) is 11.8 Å². The fourth-order valence-corrected chi connectivity index (χ4v) is 2.00. The van der Waals surface area contributed by atoms with Gasteiger partial charge in [-0.25, -0.2) is 9.67 Å². The maximum Gasteiger partial charge on any atom is 0.272 e. The van der Waals surface area contributed by atoms with Crippen molar-refractivity contribution in [2.45, 2.75) is 0 Å². The number of rotatable bonds is 5. The second kappa shape index (κ2) is 6.97. The molecule has 0 saturated heterocycles. The van der Waals surface area contributed by atoms with Crippen LogP contribution < -0.4 is 15.6 Å². The number of amides is 1. The number of methoxy groups -OCH3 is 1. The minimum Gasteiger partial charge on any atom is -0.481 e. The molecule has 2 N–H and O–H groups in total. The summed E-state index contributed by atoms with van der Waals surface area (Å²) in [6.45, 7) is 0. The van der Waals surface area contributed by atoms with Crippen molar-refractivity contribution in [3.8, 4) is 11.6 Å². The van der Waals surface area contributed by atoms with Crippen LogP contribution in [0.25, 0.3) is 5.69 Å². The zero-order chi connectivity index (χ0) is 16.9. The highest BCUT2D eigenvalue weighted by molar-refractivity contribution is 6.30. The predicted molar refractivity (Wildman–Crippen MR) is 88.2 cm³/mol. The van der Waals surface area contributed by atoms with Crippen molar-refractivity contribution >= 4 is 23.5 Å². The molecular formula is C15H13ClN6O2. The molecule has 0 unspecified atom stereocenters. The van der Waals surface area contributed by atoms with E-state index in [1.807, 2.05) is 0 Å². The van der Waals surface area contributed by atoms with Crippen molar-refractivity contribution in [1.82, 2.24) is 25.2 Å². The molecule has 24 heavy (non-hydrogen) atoms. The van der Waals surface area contributed by atoms with Crippen molar-refractivity contribution < 1.29 is 9.53 Å². The molecule has 0 fully saturated rings. The number of carbonyl (C=O) groups excluding carboxylic acids is 1. The minimum absolute atomic E-state index is 0.216. The Balaban J connectivity index is 1.66. The van der Waals surface area contributed by atoms with E-state index in [1.54, 1.807) is 41.2 Å². The summed E-state index contributed by atoms with van der Waals surface area (Å²) in [4.78, 5) is 20.1. The molecule has 122 valence electrons. The van der Waals surface area contributed by atoms with Crippen molar-refractivity contribution in [3.05, 3.63) is 59.5 Å². The predicted octanol–water partition coefficient (Wildman–Crippen LogP) is 2.08. The SMILES string of the molecule is COc1ccnc(NNC(=O)c2cnn(-c3ccc(Cl)cc3)c2)n1. The standard InChI is InChI=1S/C15H13ClN6O2/c1-24-13-6-7-17-15(19-13)21-20-14(23)10-8-18-22(9-10)12-4-2-11(16)3-5-12/h2-9H,1H3,(H,20,23)(H,17,19,21). The van der Waals surface area contributed by atoms with Crippen LogP contribution in [0.15, 0.2) is 48.9 Å². The van der Waals surface area contributed by atoms with Crippen LogP contribution in [0.4, 0.5) is 5.95 Å². The molecule has 0 saturated carbocycles. The summed E-state index contributed by atoms with van der Waals surface area (Å²) in [5.41, 5.74) is 6.28. The molecule has 9 heteroatoms. The third kappa shape index (κ3) is 3.61. The lowest BCUT2D eigenvalue weighted by atomic mass is 10.3. The van der Waals surface area contributed by atoms with E-state index in [1.165, 1.54) is 19.5 Å². The van der Waals surface area contributed by atoms with Crippen LogP contribution in [0.2, 0.25) is 5.02 Å². The van der Waals surface area contributed by atoms with Crippen LogP contribution in [0.3, 0.4) is 0 Å². The molecule has 0 radical (unpaired) electrons. The normalized spacial score (nSPS) is 10.2. The van der Waals surface area contributed by atoms with E-state index in [-0.39, 0.29) is 11.9 Å². The molecule has 3 rings (SSSR count). The molecule has 0 spiro atoms. The molecular weight excluding hydrogens is 332 g/mol. The van der Waals surface area contributed by atoms with Crippen LogP contribution in [-0.2, 0) is 0 Å². The number of aromatic nitrogens is 4. The van der Waals surface area contributed by atoms with Gasteiger partial charge in [-0.2, -0.15) is 10.1 Å². The van der Waals surface area contributed by atoms with E-state index < -0.39 is 0 Å². The number of ether oxygens (including phenoxy) is 1. The van der Waals surface area contributed by atoms with E-state index in [9.17, 15) is 4.79 Å². The minimum atomic E-state index is -0.373. The lowest BCUT2D eigenvalue weighted by Crippen LogP contribution is -2.30. The summed E-state index contributed by atoms with van der Waals surface area (Å²) < 4.78 is 6.56. The molecule has 0 aliphatic rings. The van der Waals surface area contributed by atoms with E-state index in [0.29, 0.717) is 16.5 Å². The van der Waals surface area contributed by atoms with Crippen molar-refractivity contribution in [2.75, 3.05) is 12.5 Å². The molecule has 0 aliphatic carbocycles. The first-order valence-corrected chi connectivity index (χ1v) is 7.27. The largest absolute Gasteiger partial charge is 0.481 e. The second-order valence-electron chi connectivity index (χ2n) is 4.65. The smallest absolute Gasteiger partial charge is 0.272 e. The number of carbonyl (C=O) groups is 1. The fourth-order valence-electron chi connectivity index (χ4n) is 1.88. The third-order valence-electron chi connectivity index (χ3n) is 3.06. The number of benzene rings is 1. The Labute approximate surface area is 142 Å². The summed E-state index contributed by atoms with van der Waals surface area (Å²) >= 11 is 5.85. The molecule has 0 bridgehead atoms. The molecule has 1 aromatic carbocycles. The number of anilines is 1. The van der Waals surface area contributed by atoms with Gasteiger partial charge in [-0.3, -0.25) is 15.6 Å². The van der Waals surface area contributed by atoms with Gasteiger partial charge in [0, 0.05) is 23.5 Å². The Morgan fingerprint density at radius 3 is 2.79 bits per heavy atom. The van der Waals surface area contributed by atoms with Gasteiger partial charge in [0.1, 0.15) is 0 Å². The zero-order valence-corrected chi connectivity index (χ0v) is 13.4. The van der Waals surface area contributed by atoms with Gasteiger partial charge in [0.05, 0.1) is 24.6 Å². The fraction of sp³-hybridized carbons (Fsp3) is 0.0667. The lowest BCUT2D eigenvalue weighted by Gasteiger charge is -2.06. The highest BCUT2D eigenvalue weighted by Crippen LogP contribution is 2.13. The van der Waals surface area contributed by atoms with Gasteiger partial charge in [-0.15, -0.1) is 0 Å². The molecule has 2 aromatic heterocycles. The van der Waals surface area contributed by atoms with E-state index in [0.717, 1.165) is 5.69 Å². The van der Waals surface area contributed by atoms with Crippen LogP contribution in [0, 0.1) is 0 Å². The number of hydrazine groups is 1. The van der Waals surface area contributed by atoms with Crippen LogP contribution >= 0.6 is 11.6 Å². The molecule has 3 aromatic rings. The molecule has 8 nitrogen and oxygen atoms in total. The van der Waals surface area contributed by atoms with Gasteiger partial charge in [-0.1, -0.05) is 11.6 Å². The third-order valence-corrected chi connectivity index (χ3v) is 3.31. The van der Waals surface area contributed by atoms with Gasteiger partial charge in [0.15, 0.2) is 0 Å². The van der Waals surface area contributed by atoms with Crippen molar-refractivity contribution in [1.29, 1.82) is 0 Å². The van der Waals surface area contributed by atoms with E-state index >= 15 is 0 Å². The first-order valence-electron chi connectivity index (χ1n) is 6.90.